The predicted molar refractivity (Wildman–Crippen MR) is 70.0 cm³/mol. The van der Waals surface area contributed by atoms with E-state index in [0.29, 0.717) is 11.3 Å². The average Bonchev–Trinajstić information content (AvgIpc) is 2.68. The van der Waals surface area contributed by atoms with Gasteiger partial charge in [-0.1, -0.05) is 53.5 Å². The van der Waals surface area contributed by atoms with E-state index in [0.717, 1.165) is 16.3 Å². The molecule has 0 saturated heterocycles. The Balaban J connectivity index is 2.33. The van der Waals surface area contributed by atoms with Gasteiger partial charge >= 0.3 is 0 Å². The van der Waals surface area contributed by atoms with Gasteiger partial charge in [0.15, 0.2) is 0 Å². The molecule has 2 rings (SSSR count). The molecule has 0 N–H and O–H groups in total. The molecule has 0 nitrogen and oxygen atoms in total. The Morgan fingerprint density at radius 3 is 2.53 bits per heavy atom. The Morgan fingerprint density at radius 2 is 2.07 bits per heavy atom. The molecule has 0 bridgehead atoms. The zero-order valence-corrected chi connectivity index (χ0v) is 11.7. The van der Waals surface area contributed by atoms with Crippen LogP contribution >= 0.6 is 27.5 Å². The molecule has 2 heteroatoms. The van der Waals surface area contributed by atoms with Crippen molar-refractivity contribution in [2.24, 2.45) is 11.3 Å². The van der Waals surface area contributed by atoms with Crippen LogP contribution < -0.4 is 0 Å². The normalized spacial score (nSPS) is 27.8. The summed E-state index contributed by atoms with van der Waals surface area (Å²) < 4.78 is 0. The maximum atomic E-state index is 6.30. The van der Waals surface area contributed by atoms with Crippen LogP contribution in [0.25, 0.3) is 0 Å². The molecule has 1 aromatic carbocycles. The number of hydrogen-bond donors (Lipinski definition) is 0. The zero-order chi connectivity index (χ0) is 11.2. The Kier molecular flexibility index (Phi) is 2.89. The zero-order valence-electron chi connectivity index (χ0n) is 9.35. The van der Waals surface area contributed by atoms with Crippen LogP contribution in [0.1, 0.15) is 30.9 Å². The molecule has 0 aliphatic heterocycles. The molecule has 0 spiro atoms. The molecule has 2 atom stereocenters. The number of halogens is 2. The number of alkyl halides is 1. The van der Waals surface area contributed by atoms with Crippen LogP contribution in [-0.2, 0) is 0 Å². The van der Waals surface area contributed by atoms with Crippen LogP contribution in [0.2, 0.25) is 5.02 Å². The van der Waals surface area contributed by atoms with Gasteiger partial charge in [-0.15, -0.1) is 0 Å². The number of benzene rings is 1. The molecule has 15 heavy (non-hydrogen) atoms. The predicted octanol–water partition coefficient (Wildman–Crippen LogP) is 4.78. The summed E-state index contributed by atoms with van der Waals surface area (Å²) in [7, 11) is 0. The Bertz CT molecular complexity index is 384. The van der Waals surface area contributed by atoms with E-state index < -0.39 is 0 Å². The summed E-state index contributed by atoms with van der Waals surface area (Å²) in [6.45, 7) is 6.72. The van der Waals surface area contributed by atoms with E-state index in [-0.39, 0.29) is 0 Å². The molecule has 1 aromatic rings. The largest absolute Gasteiger partial charge is 0.0925 e. The lowest BCUT2D eigenvalue weighted by molar-refractivity contribution is 0.579. The van der Waals surface area contributed by atoms with Gasteiger partial charge in [-0.2, -0.15) is 0 Å². The van der Waals surface area contributed by atoms with Crippen molar-refractivity contribution in [1.82, 2.24) is 0 Å². The molecule has 1 fully saturated rings. The lowest BCUT2D eigenvalue weighted by Crippen LogP contribution is -1.91. The van der Waals surface area contributed by atoms with Crippen LogP contribution in [-0.4, -0.2) is 5.33 Å². The van der Waals surface area contributed by atoms with Crippen molar-refractivity contribution in [2.45, 2.75) is 26.7 Å². The van der Waals surface area contributed by atoms with Crippen LogP contribution in [0, 0.1) is 18.3 Å². The maximum Gasteiger partial charge on any atom is 0.0443 e. The molecule has 0 radical (unpaired) electrons. The monoisotopic (exact) mass is 286 g/mol. The Morgan fingerprint density at radius 1 is 1.40 bits per heavy atom. The minimum Gasteiger partial charge on any atom is -0.0925 e. The van der Waals surface area contributed by atoms with Crippen LogP contribution in [0.3, 0.4) is 0 Å². The standard InChI is InChI=1S/C13H16BrCl/c1-8-4-5-9(11(15)6-8)12-10(7-14)13(12,2)3/h4-6,10,12H,7H2,1-3H3. The first-order valence-corrected chi connectivity index (χ1v) is 6.80. The van der Waals surface area contributed by atoms with E-state index in [1.54, 1.807) is 0 Å². The fourth-order valence-corrected chi connectivity index (χ4v) is 4.09. The number of aryl methyl sites for hydroxylation is 1. The van der Waals surface area contributed by atoms with Gasteiger partial charge in [0.2, 0.25) is 0 Å². The van der Waals surface area contributed by atoms with Crippen LogP contribution in [0.5, 0.6) is 0 Å². The van der Waals surface area contributed by atoms with Crippen LogP contribution in [0.15, 0.2) is 18.2 Å². The van der Waals surface area contributed by atoms with E-state index in [2.05, 4.69) is 54.9 Å². The summed E-state index contributed by atoms with van der Waals surface area (Å²) in [4.78, 5) is 0. The van der Waals surface area contributed by atoms with E-state index in [4.69, 9.17) is 11.6 Å². The first-order chi connectivity index (χ1) is 6.98. The van der Waals surface area contributed by atoms with E-state index >= 15 is 0 Å². The van der Waals surface area contributed by atoms with Crippen molar-refractivity contribution in [3.8, 4) is 0 Å². The minimum absolute atomic E-state index is 0.391. The molecule has 1 aliphatic rings. The van der Waals surface area contributed by atoms with Crippen molar-refractivity contribution in [3.05, 3.63) is 34.3 Å². The van der Waals surface area contributed by atoms with Crippen molar-refractivity contribution >= 4 is 27.5 Å². The lowest BCUT2D eigenvalue weighted by atomic mass is 10.0. The van der Waals surface area contributed by atoms with Crippen molar-refractivity contribution < 1.29 is 0 Å². The summed E-state index contributed by atoms with van der Waals surface area (Å²) in [5.41, 5.74) is 2.94. The molecular weight excluding hydrogens is 271 g/mol. The Hall–Kier alpha value is -0.0100. The second-order valence-corrected chi connectivity index (χ2v) is 6.14. The average molecular weight is 288 g/mol. The molecule has 1 saturated carbocycles. The molecule has 0 heterocycles. The van der Waals surface area contributed by atoms with Gasteiger partial charge in [0.1, 0.15) is 0 Å². The summed E-state index contributed by atoms with van der Waals surface area (Å²) in [6, 6.07) is 6.41. The third kappa shape index (κ3) is 1.85. The van der Waals surface area contributed by atoms with Gasteiger partial charge in [0.25, 0.3) is 0 Å². The van der Waals surface area contributed by atoms with Gasteiger partial charge in [-0.3, -0.25) is 0 Å². The van der Waals surface area contributed by atoms with Gasteiger partial charge in [-0.05, 0) is 41.4 Å². The van der Waals surface area contributed by atoms with Gasteiger partial charge in [-0.25, -0.2) is 0 Å². The summed E-state index contributed by atoms with van der Waals surface area (Å²) in [5.74, 6) is 1.34. The molecule has 1 aliphatic carbocycles. The fourth-order valence-electron chi connectivity index (χ4n) is 2.53. The molecule has 0 amide bonds. The van der Waals surface area contributed by atoms with E-state index in [1.165, 1.54) is 11.1 Å². The highest BCUT2D eigenvalue weighted by Crippen LogP contribution is 2.65. The number of hydrogen-bond acceptors (Lipinski definition) is 0. The lowest BCUT2D eigenvalue weighted by Gasteiger charge is -2.06. The molecule has 0 aromatic heterocycles. The third-order valence-corrected chi connectivity index (χ3v) is 4.73. The Labute approximate surface area is 105 Å². The molecule has 82 valence electrons. The highest BCUT2D eigenvalue weighted by Gasteiger charge is 2.57. The van der Waals surface area contributed by atoms with E-state index in [9.17, 15) is 0 Å². The van der Waals surface area contributed by atoms with Crippen LogP contribution in [0.4, 0.5) is 0 Å². The van der Waals surface area contributed by atoms with E-state index in [1.807, 2.05) is 0 Å². The topological polar surface area (TPSA) is 0 Å². The molecule has 2 unspecified atom stereocenters. The quantitative estimate of drug-likeness (QED) is 0.687. The second kappa shape index (κ2) is 3.78. The summed E-state index contributed by atoms with van der Waals surface area (Å²) in [5, 5.41) is 1.99. The second-order valence-electron chi connectivity index (χ2n) is 5.08. The smallest absolute Gasteiger partial charge is 0.0443 e. The first kappa shape index (κ1) is 11.5. The maximum absolute atomic E-state index is 6.30. The summed E-state index contributed by atoms with van der Waals surface area (Å²) >= 11 is 9.88. The van der Waals surface area contributed by atoms with Crippen molar-refractivity contribution in [3.63, 3.8) is 0 Å². The summed E-state index contributed by atoms with van der Waals surface area (Å²) in [6.07, 6.45) is 0. The minimum atomic E-state index is 0.391. The first-order valence-electron chi connectivity index (χ1n) is 5.30. The fraction of sp³-hybridized carbons (Fsp3) is 0.538. The van der Waals surface area contributed by atoms with Crippen molar-refractivity contribution in [1.29, 1.82) is 0 Å². The van der Waals surface area contributed by atoms with Gasteiger partial charge < -0.3 is 0 Å². The highest BCUT2D eigenvalue weighted by atomic mass is 79.9. The molecular formula is C13H16BrCl. The van der Waals surface area contributed by atoms with Crippen molar-refractivity contribution in [2.75, 3.05) is 5.33 Å². The third-order valence-electron chi connectivity index (χ3n) is 3.71. The number of rotatable bonds is 2. The highest BCUT2D eigenvalue weighted by molar-refractivity contribution is 9.09. The van der Waals surface area contributed by atoms with Gasteiger partial charge in [0.05, 0.1) is 0 Å². The SMILES string of the molecule is Cc1ccc(C2C(CBr)C2(C)C)c(Cl)c1. The van der Waals surface area contributed by atoms with Gasteiger partial charge in [0, 0.05) is 10.4 Å².